The van der Waals surface area contributed by atoms with Crippen molar-refractivity contribution in [3.63, 3.8) is 0 Å². The second-order valence-corrected chi connectivity index (χ2v) is 10.1. The minimum absolute atomic E-state index is 0.120. The van der Waals surface area contributed by atoms with Gasteiger partial charge >= 0.3 is 0 Å². The van der Waals surface area contributed by atoms with E-state index in [2.05, 4.69) is 27.3 Å². The van der Waals surface area contributed by atoms with Gasteiger partial charge in [-0.1, -0.05) is 12.5 Å². The summed E-state index contributed by atoms with van der Waals surface area (Å²) in [6, 6.07) is 11.6. The van der Waals surface area contributed by atoms with E-state index in [1.54, 1.807) is 4.90 Å². The molecule has 1 N–H and O–H groups in total. The quantitative estimate of drug-likeness (QED) is 0.670. The van der Waals surface area contributed by atoms with Gasteiger partial charge in [-0.3, -0.25) is 29.6 Å². The number of hydrogen-bond acceptors (Lipinski definition) is 6. The van der Waals surface area contributed by atoms with Crippen LogP contribution in [-0.4, -0.2) is 63.8 Å². The lowest BCUT2D eigenvalue weighted by Crippen LogP contribution is -2.57. The van der Waals surface area contributed by atoms with Crippen LogP contribution in [0.1, 0.15) is 66.1 Å². The Balaban J connectivity index is 1.12. The SMILES string of the molecule is O=C1CCC(N2Cc3cc(O[C@H]4CCCC[C@@H]4N4CC(c5ccccn5)C4)ccc3C2=O)C(=O)N1. The van der Waals surface area contributed by atoms with Crippen LogP contribution >= 0.6 is 0 Å². The number of imide groups is 1. The van der Waals surface area contributed by atoms with Crippen molar-refractivity contribution in [3.8, 4) is 5.75 Å². The van der Waals surface area contributed by atoms with Crippen LogP contribution in [0.15, 0.2) is 42.6 Å². The molecule has 1 aromatic carbocycles. The van der Waals surface area contributed by atoms with Crippen LogP contribution in [0.25, 0.3) is 0 Å². The zero-order chi connectivity index (χ0) is 23.9. The first-order valence-corrected chi connectivity index (χ1v) is 12.7. The number of ether oxygens (including phenoxy) is 1. The van der Waals surface area contributed by atoms with E-state index in [1.807, 2.05) is 30.5 Å². The summed E-state index contributed by atoms with van der Waals surface area (Å²) in [4.78, 5) is 45.4. The average molecular weight is 475 g/mol. The predicted octanol–water partition coefficient (Wildman–Crippen LogP) is 2.63. The summed E-state index contributed by atoms with van der Waals surface area (Å²) >= 11 is 0. The fourth-order valence-electron chi connectivity index (χ4n) is 6.02. The lowest BCUT2D eigenvalue weighted by atomic mass is 9.85. The highest BCUT2D eigenvalue weighted by molar-refractivity contribution is 6.05. The second kappa shape index (κ2) is 9.07. The Kier molecular flexibility index (Phi) is 5.76. The molecule has 1 saturated carbocycles. The first-order valence-electron chi connectivity index (χ1n) is 12.7. The van der Waals surface area contributed by atoms with E-state index < -0.39 is 6.04 Å². The Bertz CT molecular complexity index is 1150. The van der Waals surface area contributed by atoms with Crippen LogP contribution in [0, 0.1) is 0 Å². The van der Waals surface area contributed by atoms with Crippen LogP contribution in [-0.2, 0) is 16.1 Å². The standard InChI is InChI=1S/C27H30N4O4/c32-25-11-10-23(26(33)29-25)31-16-17-13-19(8-9-20(17)27(31)34)35-24-7-2-1-6-22(24)30-14-18(15-30)21-5-3-4-12-28-21/h3-5,8-9,12-13,18,22-24H,1-2,6-7,10-11,14-16H2,(H,29,32,33)/t22-,23?,24-/m0/s1. The predicted molar refractivity (Wildman–Crippen MR) is 128 cm³/mol. The Morgan fingerprint density at radius 1 is 1.00 bits per heavy atom. The van der Waals surface area contributed by atoms with Crippen LogP contribution in [0.4, 0.5) is 0 Å². The molecule has 8 heteroatoms. The number of likely N-dealkylation sites (tertiary alicyclic amines) is 1. The van der Waals surface area contributed by atoms with Gasteiger partial charge in [-0.25, -0.2) is 0 Å². The summed E-state index contributed by atoms with van der Waals surface area (Å²) in [6.45, 7) is 2.39. The van der Waals surface area contributed by atoms with Gasteiger partial charge in [0.1, 0.15) is 17.9 Å². The van der Waals surface area contributed by atoms with Crippen LogP contribution in [0.2, 0.25) is 0 Å². The summed E-state index contributed by atoms with van der Waals surface area (Å²) in [5, 5.41) is 2.35. The molecule has 0 radical (unpaired) electrons. The van der Waals surface area contributed by atoms with Crippen molar-refractivity contribution in [1.82, 2.24) is 20.1 Å². The zero-order valence-corrected chi connectivity index (χ0v) is 19.7. The molecule has 0 bridgehead atoms. The molecule has 0 spiro atoms. The van der Waals surface area contributed by atoms with Crippen molar-refractivity contribution < 1.29 is 19.1 Å². The van der Waals surface area contributed by atoms with Gasteiger partial charge in [0.05, 0.1) is 0 Å². The normalized spacial score (nSPS) is 27.4. The number of piperidine rings is 1. The molecule has 4 aliphatic rings. The molecule has 1 aromatic heterocycles. The first kappa shape index (κ1) is 22.2. The van der Waals surface area contributed by atoms with Crippen molar-refractivity contribution in [1.29, 1.82) is 0 Å². The molecular weight excluding hydrogens is 444 g/mol. The molecule has 4 heterocycles. The highest BCUT2D eigenvalue weighted by Crippen LogP contribution is 2.36. The Morgan fingerprint density at radius 2 is 1.86 bits per heavy atom. The van der Waals surface area contributed by atoms with Gasteiger partial charge in [-0.15, -0.1) is 0 Å². The summed E-state index contributed by atoms with van der Waals surface area (Å²) in [7, 11) is 0. The number of pyridine rings is 1. The summed E-state index contributed by atoms with van der Waals surface area (Å²) in [6.07, 6.45) is 7.14. The van der Waals surface area contributed by atoms with Gasteiger partial charge in [0.15, 0.2) is 0 Å². The topological polar surface area (TPSA) is 91.8 Å². The van der Waals surface area contributed by atoms with Gasteiger partial charge < -0.3 is 9.64 Å². The molecule has 182 valence electrons. The number of aromatic nitrogens is 1. The largest absolute Gasteiger partial charge is 0.489 e. The number of amides is 3. The van der Waals surface area contributed by atoms with Gasteiger partial charge in [0.25, 0.3) is 5.91 Å². The third-order valence-electron chi connectivity index (χ3n) is 7.93. The highest BCUT2D eigenvalue weighted by atomic mass is 16.5. The maximum absolute atomic E-state index is 13.0. The summed E-state index contributed by atoms with van der Waals surface area (Å²) < 4.78 is 6.53. The highest BCUT2D eigenvalue weighted by Gasteiger charge is 2.41. The van der Waals surface area contributed by atoms with Crippen molar-refractivity contribution in [2.24, 2.45) is 0 Å². The number of fused-ring (bicyclic) bond motifs is 1. The minimum Gasteiger partial charge on any atom is -0.489 e. The number of nitrogens with one attached hydrogen (secondary N) is 1. The third-order valence-corrected chi connectivity index (χ3v) is 7.93. The molecule has 8 nitrogen and oxygen atoms in total. The maximum Gasteiger partial charge on any atom is 0.255 e. The van der Waals surface area contributed by atoms with E-state index in [0.717, 1.165) is 43.7 Å². The first-order chi connectivity index (χ1) is 17.1. The van der Waals surface area contributed by atoms with E-state index in [0.29, 0.717) is 30.5 Å². The molecule has 3 fully saturated rings. The van der Waals surface area contributed by atoms with Gasteiger partial charge in [0.2, 0.25) is 11.8 Å². The fraction of sp³-hybridized carbons (Fsp3) is 0.481. The van der Waals surface area contributed by atoms with E-state index in [9.17, 15) is 14.4 Å². The maximum atomic E-state index is 13.0. The number of rotatable bonds is 5. The molecule has 1 aliphatic carbocycles. The summed E-state index contributed by atoms with van der Waals surface area (Å²) in [5.41, 5.74) is 2.66. The molecule has 2 saturated heterocycles. The van der Waals surface area contributed by atoms with Crippen LogP contribution < -0.4 is 10.1 Å². The number of nitrogens with zero attached hydrogens (tertiary/aromatic N) is 3. The molecular formula is C27H30N4O4. The number of hydrogen-bond donors (Lipinski definition) is 1. The van der Waals surface area contributed by atoms with Gasteiger partial charge in [-0.2, -0.15) is 0 Å². The summed E-state index contributed by atoms with van der Waals surface area (Å²) in [5.74, 6) is 0.449. The van der Waals surface area contributed by atoms with Gasteiger partial charge in [-0.05, 0) is 61.6 Å². The Hall–Kier alpha value is -3.26. The lowest BCUT2D eigenvalue weighted by Gasteiger charge is -2.48. The van der Waals surface area contributed by atoms with E-state index in [4.69, 9.17) is 4.74 Å². The van der Waals surface area contributed by atoms with E-state index in [1.165, 1.54) is 12.1 Å². The number of carbonyl (C=O) groups excluding carboxylic acids is 3. The van der Waals surface area contributed by atoms with Crippen molar-refractivity contribution in [3.05, 3.63) is 59.4 Å². The molecule has 6 rings (SSSR count). The third kappa shape index (κ3) is 4.20. The number of benzene rings is 1. The average Bonchev–Trinajstić information content (AvgIpc) is 3.15. The van der Waals surface area contributed by atoms with Crippen molar-refractivity contribution in [2.75, 3.05) is 13.1 Å². The Morgan fingerprint density at radius 3 is 2.66 bits per heavy atom. The second-order valence-electron chi connectivity index (χ2n) is 10.1. The molecule has 2 aromatic rings. The van der Waals surface area contributed by atoms with E-state index in [-0.39, 0.29) is 30.2 Å². The monoisotopic (exact) mass is 474 g/mol. The smallest absolute Gasteiger partial charge is 0.255 e. The van der Waals surface area contributed by atoms with Gasteiger partial charge in [0, 0.05) is 55.5 Å². The van der Waals surface area contributed by atoms with E-state index >= 15 is 0 Å². The molecule has 35 heavy (non-hydrogen) atoms. The molecule has 3 atom stereocenters. The van der Waals surface area contributed by atoms with Crippen molar-refractivity contribution >= 4 is 17.7 Å². The molecule has 3 aliphatic heterocycles. The molecule has 1 unspecified atom stereocenters. The minimum atomic E-state index is -0.599. The lowest BCUT2D eigenvalue weighted by molar-refractivity contribution is -0.136. The van der Waals surface area contributed by atoms with Crippen molar-refractivity contribution in [2.45, 2.75) is 69.2 Å². The number of carbonyl (C=O) groups is 3. The molecule has 3 amide bonds. The van der Waals surface area contributed by atoms with Crippen LogP contribution in [0.5, 0.6) is 5.75 Å². The zero-order valence-electron chi connectivity index (χ0n) is 19.7. The van der Waals surface area contributed by atoms with Crippen LogP contribution in [0.3, 0.4) is 0 Å². The fourth-order valence-corrected chi connectivity index (χ4v) is 6.02. The Labute approximate surface area is 204 Å².